The van der Waals surface area contributed by atoms with Crippen molar-refractivity contribution in [2.45, 2.75) is 16.3 Å². The summed E-state index contributed by atoms with van der Waals surface area (Å²) < 4.78 is 27.8. The predicted octanol–water partition coefficient (Wildman–Crippen LogP) is 1.90. The maximum atomic E-state index is 12.2. The number of hydrogen-bond donors (Lipinski definition) is 2. The minimum atomic E-state index is -3.59. The van der Waals surface area contributed by atoms with E-state index in [9.17, 15) is 8.42 Å². The van der Waals surface area contributed by atoms with Crippen LogP contribution < -0.4 is 9.07 Å². The molecule has 0 aliphatic heterocycles. The van der Waals surface area contributed by atoms with Crippen molar-refractivity contribution < 1.29 is 8.42 Å². The molecule has 7 heteroatoms. The van der Waals surface area contributed by atoms with E-state index < -0.39 is 10.0 Å². The summed E-state index contributed by atoms with van der Waals surface area (Å²) in [6.07, 6.45) is 0. The second-order valence-corrected chi connectivity index (χ2v) is 7.88. The molecule has 0 saturated carbocycles. The van der Waals surface area contributed by atoms with Gasteiger partial charge >= 0.3 is 138 Å². The molecule has 0 spiro atoms. The molecule has 0 amide bonds. The number of thiol groups is 1. The van der Waals surface area contributed by atoms with Crippen LogP contribution in [0.5, 0.6) is 0 Å². The summed E-state index contributed by atoms with van der Waals surface area (Å²) in [7, 11) is -3.59. The molecule has 2 aromatic rings. The molecular formula is C13H11AsClNO2S2. The Hall–Kier alpha value is -0.452. The molecule has 0 aliphatic carbocycles. The van der Waals surface area contributed by atoms with Crippen LogP contribution in [0.4, 0.5) is 0 Å². The van der Waals surface area contributed by atoms with Crippen molar-refractivity contribution in [3.63, 3.8) is 0 Å². The topological polar surface area (TPSA) is 46.2 Å². The van der Waals surface area contributed by atoms with Gasteiger partial charge in [0.2, 0.25) is 0 Å². The summed E-state index contributed by atoms with van der Waals surface area (Å²) in [6, 6.07) is 12.0. The van der Waals surface area contributed by atoms with Crippen LogP contribution in [0.1, 0.15) is 5.56 Å². The van der Waals surface area contributed by atoms with Crippen LogP contribution in [0, 0.1) is 0 Å². The van der Waals surface area contributed by atoms with Crippen LogP contribution in [0.3, 0.4) is 0 Å². The Bertz CT molecular complexity index is 715. The molecule has 2 aromatic carbocycles. The molecule has 0 fully saturated rings. The fraction of sp³-hybridized carbons (Fsp3) is 0.0769. The number of hydrogen-bond acceptors (Lipinski definition) is 3. The van der Waals surface area contributed by atoms with E-state index in [0.717, 1.165) is 9.91 Å². The molecule has 0 saturated heterocycles. The zero-order valence-electron chi connectivity index (χ0n) is 10.2. The van der Waals surface area contributed by atoms with Crippen molar-refractivity contribution in [3.8, 4) is 0 Å². The van der Waals surface area contributed by atoms with Gasteiger partial charge < -0.3 is 0 Å². The third kappa shape index (κ3) is 4.03. The number of benzene rings is 2. The fourth-order valence-corrected chi connectivity index (χ4v) is 4.26. The van der Waals surface area contributed by atoms with Gasteiger partial charge in [-0.15, -0.1) is 0 Å². The molecule has 2 radical (unpaired) electrons. The first-order valence-electron chi connectivity index (χ1n) is 5.64. The monoisotopic (exact) mass is 387 g/mol. The first-order chi connectivity index (χ1) is 9.38. The minimum absolute atomic E-state index is 0.146. The molecule has 2 rings (SSSR count). The van der Waals surface area contributed by atoms with Gasteiger partial charge in [-0.3, -0.25) is 0 Å². The van der Waals surface area contributed by atoms with Crippen molar-refractivity contribution in [2.24, 2.45) is 0 Å². The average Bonchev–Trinajstić information content (AvgIpc) is 2.37. The Morgan fingerprint density at radius 1 is 1.20 bits per heavy atom. The van der Waals surface area contributed by atoms with Crippen molar-refractivity contribution in [1.82, 2.24) is 4.72 Å². The first kappa shape index (κ1) is 15.9. The van der Waals surface area contributed by atoms with Crippen molar-refractivity contribution >= 4 is 55.5 Å². The molecule has 20 heavy (non-hydrogen) atoms. The quantitative estimate of drug-likeness (QED) is 0.622. The van der Waals surface area contributed by atoms with Crippen LogP contribution in [-0.2, 0) is 16.6 Å². The Balaban J connectivity index is 2.22. The van der Waals surface area contributed by atoms with Crippen molar-refractivity contribution in [1.29, 1.82) is 0 Å². The second kappa shape index (κ2) is 6.54. The van der Waals surface area contributed by atoms with Gasteiger partial charge in [0, 0.05) is 0 Å². The van der Waals surface area contributed by atoms with E-state index in [1.807, 2.05) is 6.07 Å². The zero-order valence-corrected chi connectivity index (χ0v) is 14.6. The third-order valence-electron chi connectivity index (χ3n) is 2.60. The van der Waals surface area contributed by atoms with Gasteiger partial charge in [-0.1, -0.05) is 0 Å². The summed E-state index contributed by atoms with van der Waals surface area (Å²) in [4.78, 5) is 0.786. The van der Waals surface area contributed by atoms with Crippen molar-refractivity contribution in [2.75, 3.05) is 0 Å². The fourth-order valence-electron chi connectivity index (χ4n) is 1.62. The van der Waals surface area contributed by atoms with Gasteiger partial charge in [0.25, 0.3) is 0 Å². The van der Waals surface area contributed by atoms with E-state index >= 15 is 0 Å². The Morgan fingerprint density at radius 3 is 2.55 bits per heavy atom. The number of sulfonamides is 1. The van der Waals surface area contributed by atoms with Crippen LogP contribution in [0.15, 0.2) is 52.3 Å². The molecule has 0 heterocycles. The molecule has 3 nitrogen and oxygen atoms in total. The first-order valence-corrected chi connectivity index (χ1v) is 8.89. The third-order valence-corrected chi connectivity index (χ3v) is 5.15. The second-order valence-electron chi connectivity index (χ2n) is 4.10. The number of halogens is 1. The van der Waals surface area contributed by atoms with E-state index in [1.165, 1.54) is 6.07 Å². The standard InChI is InChI=1S/C13H11AsClNO2S2/c14-10-5-11(19)7-12(6-10)20(17,18)16-8-9-3-1-2-4-13(9)15/h1-7,16,19H,8H2. The summed E-state index contributed by atoms with van der Waals surface area (Å²) in [5.41, 5.74) is 0.729. The van der Waals surface area contributed by atoms with E-state index in [0.29, 0.717) is 9.92 Å². The number of rotatable bonds is 4. The molecule has 0 atom stereocenters. The predicted molar refractivity (Wildman–Crippen MR) is 84.6 cm³/mol. The Kier molecular flexibility index (Phi) is 5.21. The van der Waals surface area contributed by atoms with Crippen LogP contribution in [0.25, 0.3) is 0 Å². The molecule has 0 aliphatic rings. The van der Waals surface area contributed by atoms with E-state index in [2.05, 4.69) is 34.2 Å². The summed E-state index contributed by atoms with van der Waals surface area (Å²) in [6.45, 7) is 0.146. The molecular weight excluding hydrogens is 377 g/mol. The van der Waals surface area contributed by atoms with E-state index in [1.54, 1.807) is 30.3 Å². The van der Waals surface area contributed by atoms with Gasteiger partial charge in [-0.25, -0.2) is 0 Å². The van der Waals surface area contributed by atoms with Crippen LogP contribution in [-0.4, -0.2) is 25.3 Å². The van der Waals surface area contributed by atoms with Gasteiger partial charge in [0.05, 0.1) is 0 Å². The van der Waals surface area contributed by atoms with E-state index in [4.69, 9.17) is 11.6 Å². The normalized spacial score (nSPS) is 11.6. The molecule has 0 aromatic heterocycles. The molecule has 1 N–H and O–H groups in total. The average molecular weight is 388 g/mol. The van der Waals surface area contributed by atoms with Crippen molar-refractivity contribution in [3.05, 3.63) is 53.1 Å². The Labute approximate surface area is 137 Å². The van der Waals surface area contributed by atoms with Gasteiger partial charge in [-0.05, 0) is 0 Å². The zero-order chi connectivity index (χ0) is 14.8. The van der Waals surface area contributed by atoms with E-state index in [-0.39, 0.29) is 11.4 Å². The van der Waals surface area contributed by atoms with Crippen LogP contribution in [0.2, 0.25) is 5.02 Å². The Morgan fingerprint density at radius 2 is 1.90 bits per heavy atom. The molecule has 0 unspecified atom stereocenters. The van der Waals surface area contributed by atoms with Gasteiger partial charge in [0.1, 0.15) is 0 Å². The number of nitrogens with one attached hydrogen (secondary N) is 1. The van der Waals surface area contributed by atoms with Crippen LogP contribution >= 0.6 is 24.2 Å². The molecule has 104 valence electrons. The maximum absolute atomic E-state index is 12.2. The summed E-state index contributed by atoms with van der Waals surface area (Å²) >= 11 is 12.5. The SMILES string of the molecule is O=S(=O)(NCc1ccccc1Cl)c1cc(S)cc([As])c1. The summed E-state index contributed by atoms with van der Waals surface area (Å²) in [5.74, 6) is 0. The molecule has 0 bridgehead atoms. The summed E-state index contributed by atoms with van der Waals surface area (Å²) in [5, 5.41) is 0.533. The van der Waals surface area contributed by atoms with Gasteiger partial charge in [-0.2, -0.15) is 0 Å². The van der Waals surface area contributed by atoms with Gasteiger partial charge in [0.15, 0.2) is 0 Å².